The Hall–Kier alpha value is -0.770. The molecule has 0 saturated heterocycles. The van der Waals surface area contributed by atoms with E-state index in [1.54, 1.807) is 23.9 Å². The molecule has 2 heterocycles. The molecule has 0 N–H and O–H groups in total. The van der Waals surface area contributed by atoms with E-state index in [-0.39, 0.29) is 0 Å². The average molecular weight is 299 g/mol. The number of aryl methyl sites for hydroxylation is 2. The molecule has 2 rings (SSSR count). The van der Waals surface area contributed by atoms with Crippen LogP contribution in [0.3, 0.4) is 0 Å². The number of hydrogen-bond acceptors (Lipinski definition) is 3. The van der Waals surface area contributed by atoms with Crippen LogP contribution in [0.4, 0.5) is 0 Å². The van der Waals surface area contributed by atoms with Crippen molar-refractivity contribution in [2.75, 3.05) is 0 Å². The maximum Gasteiger partial charge on any atom is 0.129 e. The second-order valence-electron chi connectivity index (χ2n) is 3.98. The highest BCUT2D eigenvalue weighted by molar-refractivity contribution is 7.98. The largest absolute Gasteiger partial charge is 0.247 e. The molecule has 94 valence electrons. The highest BCUT2D eigenvalue weighted by atomic mass is 35.5. The predicted octanol–water partition coefficient (Wildman–Crippen LogP) is 4.69. The summed E-state index contributed by atoms with van der Waals surface area (Å²) in [5, 5.41) is 2.07. The lowest BCUT2D eigenvalue weighted by atomic mass is 10.3. The van der Waals surface area contributed by atoms with Crippen LogP contribution in [-0.2, 0) is 5.75 Å². The van der Waals surface area contributed by atoms with Gasteiger partial charge in [-0.25, -0.2) is 9.97 Å². The standard InChI is InChI=1S/C13H12Cl2N2S/c1-8-5-9(2)16-13(6-8)18-7-11-10(14)3-4-12(15)17-11/h3-6H,7H2,1-2H3. The molecular formula is C13H12Cl2N2S. The van der Waals surface area contributed by atoms with Crippen LogP contribution in [0.15, 0.2) is 29.3 Å². The molecule has 0 aliphatic carbocycles. The molecule has 0 aliphatic rings. The van der Waals surface area contributed by atoms with E-state index in [0.717, 1.165) is 16.4 Å². The summed E-state index contributed by atoms with van der Waals surface area (Å²) in [4.78, 5) is 8.68. The van der Waals surface area contributed by atoms with E-state index in [0.29, 0.717) is 15.9 Å². The molecule has 0 spiro atoms. The first-order valence-corrected chi connectivity index (χ1v) is 7.18. The fraction of sp³-hybridized carbons (Fsp3) is 0.231. The number of thioether (sulfide) groups is 1. The summed E-state index contributed by atoms with van der Waals surface area (Å²) >= 11 is 13.5. The highest BCUT2D eigenvalue weighted by Gasteiger charge is 2.05. The lowest BCUT2D eigenvalue weighted by molar-refractivity contribution is 1.04. The molecule has 2 aromatic heterocycles. The minimum absolute atomic E-state index is 0.461. The van der Waals surface area contributed by atoms with Crippen molar-refractivity contribution in [3.63, 3.8) is 0 Å². The van der Waals surface area contributed by atoms with Gasteiger partial charge in [0.25, 0.3) is 0 Å². The topological polar surface area (TPSA) is 25.8 Å². The Balaban J connectivity index is 2.13. The molecule has 5 heteroatoms. The number of hydrogen-bond donors (Lipinski definition) is 0. The number of nitrogens with zero attached hydrogens (tertiary/aromatic N) is 2. The van der Waals surface area contributed by atoms with Crippen LogP contribution in [0, 0.1) is 13.8 Å². The van der Waals surface area contributed by atoms with E-state index in [2.05, 4.69) is 29.0 Å². The molecule has 0 radical (unpaired) electrons. The Labute approximate surface area is 121 Å². The van der Waals surface area contributed by atoms with Gasteiger partial charge in [0, 0.05) is 11.4 Å². The van der Waals surface area contributed by atoms with Crippen LogP contribution in [0.1, 0.15) is 17.0 Å². The van der Waals surface area contributed by atoms with E-state index in [1.807, 2.05) is 6.92 Å². The van der Waals surface area contributed by atoms with Crippen LogP contribution >= 0.6 is 35.0 Å². The molecule has 18 heavy (non-hydrogen) atoms. The fourth-order valence-electron chi connectivity index (χ4n) is 1.58. The van der Waals surface area contributed by atoms with Gasteiger partial charge in [-0.05, 0) is 43.7 Å². The number of pyridine rings is 2. The van der Waals surface area contributed by atoms with Crippen LogP contribution in [0.2, 0.25) is 10.2 Å². The van der Waals surface area contributed by atoms with Gasteiger partial charge >= 0.3 is 0 Å². The maximum absolute atomic E-state index is 6.07. The minimum Gasteiger partial charge on any atom is -0.247 e. The van der Waals surface area contributed by atoms with Gasteiger partial charge in [0.2, 0.25) is 0 Å². The molecule has 0 amide bonds. The predicted molar refractivity (Wildman–Crippen MR) is 77.5 cm³/mol. The molecule has 2 nitrogen and oxygen atoms in total. The van der Waals surface area contributed by atoms with Crippen molar-refractivity contribution in [2.45, 2.75) is 24.6 Å². The van der Waals surface area contributed by atoms with E-state index in [1.165, 1.54) is 5.56 Å². The SMILES string of the molecule is Cc1cc(C)nc(SCc2nc(Cl)ccc2Cl)c1. The van der Waals surface area contributed by atoms with Gasteiger partial charge in [-0.2, -0.15) is 0 Å². The molecule has 0 atom stereocenters. The van der Waals surface area contributed by atoms with Crippen molar-refractivity contribution in [3.05, 3.63) is 51.4 Å². The Bertz CT molecular complexity index is 553. The van der Waals surface area contributed by atoms with Gasteiger partial charge in [0.1, 0.15) is 5.15 Å². The number of aromatic nitrogens is 2. The molecule has 0 aromatic carbocycles. The minimum atomic E-state index is 0.461. The van der Waals surface area contributed by atoms with Crippen molar-refractivity contribution in [1.82, 2.24) is 9.97 Å². The van der Waals surface area contributed by atoms with Crippen molar-refractivity contribution < 1.29 is 0 Å². The first-order chi connectivity index (χ1) is 8.54. The molecular weight excluding hydrogens is 287 g/mol. The van der Waals surface area contributed by atoms with Crippen LogP contribution in [-0.4, -0.2) is 9.97 Å². The van der Waals surface area contributed by atoms with Gasteiger partial charge in [0.05, 0.1) is 15.7 Å². The van der Waals surface area contributed by atoms with Crippen molar-refractivity contribution in [2.24, 2.45) is 0 Å². The Morgan fingerprint density at radius 3 is 2.61 bits per heavy atom. The summed E-state index contributed by atoms with van der Waals surface area (Å²) in [6.07, 6.45) is 0. The van der Waals surface area contributed by atoms with Gasteiger partial charge in [-0.3, -0.25) is 0 Å². The van der Waals surface area contributed by atoms with Gasteiger partial charge < -0.3 is 0 Å². The number of halogens is 2. The maximum atomic E-state index is 6.07. The van der Waals surface area contributed by atoms with Crippen molar-refractivity contribution >= 4 is 35.0 Å². The van der Waals surface area contributed by atoms with E-state index < -0.39 is 0 Å². The van der Waals surface area contributed by atoms with Crippen molar-refractivity contribution in [3.8, 4) is 0 Å². The highest BCUT2D eigenvalue weighted by Crippen LogP contribution is 2.26. The second-order valence-corrected chi connectivity index (χ2v) is 5.77. The summed E-state index contributed by atoms with van der Waals surface area (Å²) in [6, 6.07) is 7.56. The van der Waals surface area contributed by atoms with Crippen molar-refractivity contribution in [1.29, 1.82) is 0 Å². The summed E-state index contributed by atoms with van der Waals surface area (Å²) in [5.74, 6) is 0.662. The lowest BCUT2D eigenvalue weighted by Crippen LogP contribution is -1.91. The summed E-state index contributed by atoms with van der Waals surface area (Å²) in [6.45, 7) is 4.05. The molecule has 0 unspecified atom stereocenters. The summed E-state index contributed by atoms with van der Waals surface area (Å²) in [7, 11) is 0. The van der Waals surface area contributed by atoms with Crippen LogP contribution in [0.5, 0.6) is 0 Å². The van der Waals surface area contributed by atoms with Gasteiger partial charge in [-0.1, -0.05) is 35.0 Å². The monoisotopic (exact) mass is 298 g/mol. The van der Waals surface area contributed by atoms with E-state index >= 15 is 0 Å². The molecule has 0 aliphatic heterocycles. The molecule has 0 fully saturated rings. The second kappa shape index (κ2) is 5.91. The van der Waals surface area contributed by atoms with E-state index in [4.69, 9.17) is 23.2 Å². The van der Waals surface area contributed by atoms with Gasteiger partial charge in [0.15, 0.2) is 0 Å². The molecule has 0 saturated carbocycles. The smallest absolute Gasteiger partial charge is 0.129 e. The third kappa shape index (κ3) is 3.61. The average Bonchev–Trinajstić information content (AvgIpc) is 2.29. The zero-order valence-electron chi connectivity index (χ0n) is 10.1. The lowest BCUT2D eigenvalue weighted by Gasteiger charge is -2.05. The quantitative estimate of drug-likeness (QED) is 0.607. The molecule has 2 aromatic rings. The summed E-state index contributed by atoms with van der Waals surface area (Å²) < 4.78 is 0. The number of rotatable bonds is 3. The third-order valence-corrected chi connectivity index (χ3v) is 3.79. The summed E-state index contributed by atoms with van der Waals surface area (Å²) in [5.41, 5.74) is 3.01. The van der Waals surface area contributed by atoms with Crippen LogP contribution in [0.25, 0.3) is 0 Å². The van der Waals surface area contributed by atoms with Crippen LogP contribution < -0.4 is 0 Å². The fourth-order valence-corrected chi connectivity index (χ4v) is 2.98. The first-order valence-electron chi connectivity index (χ1n) is 5.43. The Morgan fingerprint density at radius 1 is 1.11 bits per heavy atom. The third-order valence-electron chi connectivity index (χ3n) is 2.32. The van der Waals surface area contributed by atoms with Gasteiger partial charge in [-0.15, -0.1) is 0 Å². The van der Waals surface area contributed by atoms with E-state index in [9.17, 15) is 0 Å². The zero-order chi connectivity index (χ0) is 13.1. The zero-order valence-corrected chi connectivity index (χ0v) is 12.4. The first kappa shape index (κ1) is 13.7. The Morgan fingerprint density at radius 2 is 1.89 bits per heavy atom. The Kier molecular flexibility index (Phi) is 4.49. The normalized spacial score (nSPS) is 10.7. The molecule has 0 bridgehead atoms.